The number of carbonyl (C=O) groups is 1. The highest BCUT2D eigenvalue weighted by Crippen LogP contribution is 2.76. The molecule has 4 aliphatic carbocycles. The van der Waals surface area contributed by atoms with E-state index in [9.17, 15) is 4.79 Å². The number of nitrogens with zero attached hydrogens (tertiary/aromatic N) is 2. The molecule has 7 aliphatic rings. The first-order valence-electron chi connectivity index (χ1n) is 18.0. The van der Waals surface area contributed by atoms with Crippen LogP contribution in [0.2, 0.25) is 0 Å². The molecule has 7 fully saturated rings. The second-order valence-electron chi connectivity index (χ2n) is 17.2. The van der Waals surface area contributed by atoms with Gasteiger partial charge in [0, 0.05) is 57.5 Å². The molecule has 4 saturated carbocycles. The molecule has 0 bridgehead atoms. The Hall–Kier alpha value is -0.690. The van der Waals surface area contributed by atoms with E-state index in [0.29, 0.717) is 52.6 Å². The van der Waals surface area contributed by atoms with Crippen LogP contribution in [0.15, 0.2) is 0 Å². The summed E-state index contributed by atoms with van der Waals surface area (Å²) < 4.78 is 13.6. The number of carbonyl (C=O) groups excluding carboxylic acids is 1. The highest BCUT2D eigenvalue weighted by Gasteiger charge is 2.73. The molecule has 7 rings (SSSR count). The Kier molecular flexibility index (Phi) is 7.64. The monoisotopic (exact) mass is 583 g/mol. The lowest BCUT2D eigenvalue weighted by molar-refractivity contribution is -0.276. The molecule has 1 spiro atoms. The summed E-state index contributed by atoms with van der Waals surface area (Å²) in [4.78, 5) is 17.8. The maximum atomic E-state index is 13.0. The summed E-state index contributed by atoms with van der Waals surface area (Å²) in [7, 11) is 2.19. The van der Waals surface area contributed by atoms with Gasteiger partial charge in [-0.2, -0.15) is 0 Å². The Morgan fingerprint density at radius 1 is 0.905 bits per heavy atom. The van der Waals surface area contributed by atoms with Gasteiger partial charge in [0.2, 0.25) is 5.91 Å². The molecular formula is C36H61N3O3. The van der Waals surface area contributed by atoms with E-state index in [2.05, 4.69) is 56.8 Å². The van der Waals surface area contributed by atoms with Crippen LogP contribution in [-0.2, 0) is 14.3 Å². The van der Waals surface area contributed by atoms with E-state index in [0.717, 1.165) is 69.9 Å². The summed E-state index contributed by atoms with van der Waals surface area (Å²) >= 11 is 0. The first-order chi connectivity index (χ1) is 20.0. The lowest BCUT2D eigenvalue weighted by Gasteiger charge is -2.65. The number of rotatable bonds is 4. The van der Waals surface area contributed by atoms with E-state index in [1.165, 1.54) is 51.4 Å². The highest BCUT2D eigenvalue weighted by atomic mass is 16.7. The van der Waals surface area contributed by atoms with Gasteiger partial charge < -0.3 is 24.6 Å². The van der Waals surface area contributed by atoms with Gasteiger partial charge in [0.15, 0.2) is 5.79 Å². The molecule has 0 unspecified atom stereocenters. The van der Waals surface area contributed by atoms with Crippen molar-refractivity contribution in [1.29, 1.82) is 0 Å². The summed E-state index contributed by atoms with van der Waals surface area (Å²) in [5.41, 5.74) is 1.11. The summed E-state index contributed by atoms with van der Waals surface area (Å²) in [6, 6.07) is 0.374. The Balaban J connectivity index is 0.990. The van der Waals surface area contributed by atoms with E-state index in [1.54, 1.807) is 0 Å². The third-order valence-corrected chi connectivity index (χ3v) is 15.3. The van der Waals surface area contributed by atoms with Crippen LogP contribution in [0.1, 0.15) is 105 Å². The molecule has 0 aromatic heterocycles. The second-order valence-corrected chi connectivity index (χ2v) is 17.2. The third kappa shape index (κ3) is 4.57. The summed E-state index contributed by atoms with van der Waals surface area (Å²) in [5, 5.41) is 3.50. The predicted octanol–water partition coefficient (Wildman–Crippen LogP) is 5.95. The van der Waals surface area contributed by atoms with Crippen molar-refractivity contribution >= 4 is 5.91 Å². The molecule has 6 heteroatoms. The van der Waals surface area contributed by atoms with Crippen molar-refractivity contribution in [1.82, 2.24) is 15.1 Å². The SMILES string of the molecule is C[C@H]1CC[C@@]2(OC1)O[C@H]1C[C@@]3(C)[C@@H]4CC[C@@H]5C[C@@H](NC(=O)CCN6CCN(C)CC6)CC[C@]5(C)[C@H]4CC[C@]3(C)[C@H]1[C@@H]2C. The minimum atomic E-state index is -0.319. The van der Waals surface area contributed by atoms with Crippen molar-refractivity contribution in [3.05, 3.63) is 0 Å². The van der Waals surface area contributed by atoms with Gasteiger partial charge in [-0.25, -0.2) is 0 Å². The van der Waals surface area contributed by atoms with E-state index >= 15 is 0 Å². The third-order valence-electron chi connectivity index (χ3n) is 15.3. The van der Waals surface area contributed by atoms with Gasteiger partial charge in [0.25, 0.3) is 0 Å². The molecule has 238 valence electrons. The highest BCUT2D eigenvalue weighted by molar-refractivity contribution is 5.76. The molecule has 1 amide bonds. The number of likely N-dealkylation sites (N-methyl/N-ethyl adjacent to an activating group) is 1. The van der Waals surface area contributed by atoms with Crippen molar-refractivity contribution in [2.24, 2.45) is 51.8 Å². The average molecular weight is 584 g/mol. The Labute approximate surface area is 256 Å². The summed E-state index contributed by atoms with van der Waals surface area (Å²) in [6.45, 7) is 19.0. The number of amides is 1. The first-order valence-corrected chi connectivity index (χ1v) is 18.0. The maximum absolute atomic E-state index is 13.0. The number of piperazine rings is 1. The quantitative estimate of drug-likeness (QED) is 0.444. The molecule has 3 heterocycles. The number of hydrogen-bond donors (Lipinski definition) is 1. The molecule has 6 nitrogen and oxygen atoms in total. The Morgan fingerprint density at radius 2 is 1.69 bits per heavy atom. The smallest absolute Gasteiger partial charge is 0.221 e. The summed E-state index contributed by atoms with van der Waals surface area (Å²) in [5.74, 6) is 4.10. The van der Waals surface area contributed by atoms with Gasteiger partial charge in [0.05, 0.1) is 12.7 Å². The van der Waals surface area contributed by atoms with Gasteiger partial charge in [-0.15, -0.1) is 0 Å². The zero-order chi connectivity index (χ0) is 29.5. The van der Waals surface area contributed by atoms with Gasteiger partial charge >= 0.3 is 0 Å². The fraction of sp³-hybridized carbons (Fsp3) is 0.972. The normalized spacial score (nSPS) is 52.8. The van der Waals surface area contributed by atoms with Crippen LogP contribution in [-0.4, -0.2) is 80.0 Å². The lowest BCUT2D eigenvalue weighted by atomic mass is 9.40. The fourth-order valence-electron chi connectivity index (χ4n) is 12.5. The van der Waals surface area contributed by atoms with Crippen LogP contribution in [0.3, 0.4) is 0 Å². The van der Waals surface area contributed by atoms with E-state index in [1.807, 2.05) is 0 Å². The average Bonchev–Trinajstić information content (AvgIpc) is 3.36. The number of ether oxygens (including phenoxy) is 2. The predicted molar refractivity (Wildman–Crippen MR) is 167 cm³/mol. The molecule has 0 aromatic carbocycles. The standard InChI is InChI=1S/C36H61N3O3/c1-24-9-15-36(41-23-24)25(2)32-30(42-36)22-35(5)29-8-7-26-21-27(10-13-33(26,3)28(29)11-14-34(32,35)4)37-31(40)12-16-39-19-17-38(6)18-20-39/h24-30,32H,7-23H2,1-6H3,(H,37,40)/t24-,25-,26+,27-,28-,29+,30-,32-,33-,34+,35-,36+/m0/s1. The number of nitrogens with one attached hydrogen (secondary N) is 1. The second kappa shape index (κ2) is 10.7. The summed E-state index contributed by atoms with van der Waals surface area (Å²) in [6.07, 6.45) is 13.6. The topological polar surface area (TPSA) is 54.0 Å². The lowest BCUT2D eigenvalue weighted by Crippen LogP contribution is -2.59. The zero-order valence-corrected chi connectivity index (χ0v) is 27.8. The molecule has 3 aliphatic heterocycles. The molecule has 1 N–H and O–H groups in total. The molecule has 3 saturated heterocycles. The molecule has 0 aromatic rings. The van der Waals surface area contributed by atoms with Gasteiger partial charge in [-0.05, 0) is 111 Å². The zero-order valence-electron chi connectivity index (χ0n) is 27.8. The van der Waals surface area contributed by atoms with Gasteiger partial charge in [-0.3, -0.25) is 4.79 Å². The van der Waals surface area contributed by atoms with Crippen molar-refractivity contribution in [2.75, 3.05) is 46.4 Å². The minimum absolute atomic E-state index is 0.276. The largest absolute Gasteiger partial charge is 0.353 e. The van der Waals surface area contributed by atoms with Crippen LogP contribution in [0, 0.1) is 51.8 Å². The van der Waals surface area contributed by atoms with Crippen LogP contribution in [0.5, 0.6) is 0 Å². The Bertz CT molecular complexity index is 1020. The van der Waals surface area contributed by atoms with Crippen LogP contribution >= 0.6 is 0 Å². The van der Waals surface area contributed by atoms with Crippen molar-refractivity contribution in [3.8, 4) is 0 Å². The Morgan fingerprint density at radius 3 is 2.43 bits per heavy atom. The van der Waals surface area contributed by atoms with Crippen molar-refractivity contribution < 1.29 is 14.3 Å². The molecule has 0 radical (unpaired) electrons. The first kappa shape index (κ1) is 30.0. The van der Waals surface area contributed by atoms with Crippen LogP contribution < -0.4 is 5.32 Å². The van der Waals surface area contributed by atoms with E-state index < -0.39 is 0 Å². The molecule has 12 atom stereocenters. The van der Waals surface area contributed by atoms with Gasteiger partial charge in [-0.1, -0.05) is 34.6 Å². The van der Waals surface area contributed by atoms with Crippen LogP contribution in [0.25, 0.3) is 0 Å². The molecular weight excluding hydrogens is 522 g/mol. The van der Waals surface area contributed by atoms with Crippen molar-refractivity contribution in [2.45, 2.75) is 123 Å². The molecule has 42 heavy (non-hydrogen) atoms. The van der Waals surface area contributed by atoms with E-state index in [4.69, 9.17) is 9.47 Å². The number of hydrogen-bond acceptors (Lipinski definition) is 5. The maximum Gasteiger partial charge on any atom is 0.221 e. The van der Waals surface area contributed by atoms with Gasteiger partial charge in [0.1, 0.15) is 0 Å². The van der Waals surface area contributed by atoms with E-state index in [-0.39, 0.29) is 11.7 Å². The van der Waals surface area contributed by atoms with Crippen molar-refractivity contribution in [3.63, 3.8) is 0 Å². The van der Waals surface area contributed by atoms with Crippen LogP contribution in [0.4, 0.5) is 0 Å². The fourth-order valence-corrected chi connectivity index (χ4v) is 12.5. The number of fused-ring (bicyclic) bond motifs is 7. The minimum Gasteiger partial charge on any atom is -0.353 e.